The maximum absolute atomic E-state index is 12.9. The monoisotopic (exact) mass is 426 g/mol. The number of fused-ring (bicyclic) bond motifs is 1. The molecular weight excluding hydrogens is 408 g/mol. The van der Waals surface area contributed by atoms with Gasteiger partial charge in [0.1, 0.15) is 5.65 Å². The minimum atomic E-state index is -0.751. The minimum absolute atomic E-state index is 0. The third-order valence-electron chi connectivity index (χ3n) is 4.31. The van der Waals surface area contributed by atoms with Crippen molar-refractivity contribution in [2.45, 2.75) is 6.92 Å². The van der Waals surface area contributed by atoms with Crippen LogP contribution in [0.25, 0.3) is 17.1 Å². The second-order valence-corrected chi connectivity index (χ2v) is 6.25. The summed E-state index contributed by atoms with van der Waals surface area (Å²) in [6.07, 6.45) is 4.96. The maximum Gasteiger partial charge on any atom is 0.347 e. The standard InChI is InChI=1S/C21H18N4O4.ClH/c1-2-28-21(27)17-18(26)16(10-12-11-24-19-15(12)4-3-9-23-19)29-20(17)25-14-7-5-13(22)6-8-14;/h3-11,25H,2,22H2,1H3,(H,23,24);1H/b16-10-;. The summed E-state index contributed by atoms with van der Waals surface area (Å²) in [4.78, 5) is 32.5. The number of carbonyl (C=O) groups excluding carboxylic acids is 2. The Kier molecular flexibility index (Phi) is 6.08. The summed E-state index contributed by atoms with van der Waals surface area (Å²) in [5.74, 6) is -1.28. The molecule has 1 aliphatic rings. The molecule has 0 atom stereocenters. The van der Waals surface area contributed by atoms with Gasteiger partial charge in [-0.15, -0.1) is 12.4 Å². The van der Waals surface area contributed by atoms with Crippen LogP contribution in [0.15, 0.2) is 66.0 Å². The number of nitrogens with zero attached hydrogens (tertiary/aromatic N) is 1. The van der Waals surface area contributed by atoms with Gasteiger partial charge in [-0.2, -0.15) is 0 Å². The molecule has 0 aliphatic carbocycles. The normalized spacial score (nSPS) is 14.6. The van der Waals surface area contributed by atoms with Gasteiger partial charge in [-0.05, 0) is 49.4 Å². The minimum Gasteiger partial charge on any atom is -0.462 e. The van der Waals surface area contributed by atoms with Crippen molar-refractivity contribution in [3.63, 3.8) is 0 Å². The highest BCUT2D eigenvalue weighted by Gasteiger charge is 2.37. The molecule has 0 bridgehead atoms. The Hall–Kier alpha value is -3.78. The van der Waals surface area contributed by atoms with E-state index in [9.17, 15) is 9.59 Å². The topological polar surface area (TPSA) is 119 Å². The molecule has 0 spiro atoms. The number of H-pyrrole nitrogens is 1. The molecule has 4 N–H and O–H groups in total. The fourth-order valence-corrected chi connectivity index (χ4v) is 2.94. The predicted octanol–water partition coefficient (Wildman–Crippen LogP) is 3.39. The van der Waals surface area contributed by atoms with E-state index in [0.29, 0.717) is 22.6 Å². The molecule has 0 saturated carbocycles. The van der Waals surface area contributed by atoms with E-state index in [1.807, 2.05) is 6.07 Å². The molecule has 3 heterocycles. The zero-order valence-electron chi connectivity index (χ0n) is 16.0. The van der Waals surface area contributed by atoms with Crippen LogP contribution < -0.4 is 11.1 Å². The van der Waals surface area contributed by atoms with E-state index in [4.69, 9.17) is 15.2 Å². The fourth-order valence-electron chi connectivity index (χ4n) is 2.94. The van der Waals surface area contributed by atoms with E-state index >= 15 is 0 Å². The highest BCUT2D eigenvalue weighted by molar-refractivity contribution is 6.26. The van der Waals surface area contributed by atoms with E-state index < -0.39 is 11.8 Å². The molecule has 8 nitrogen and oxygen atoms in total. The number of nitrogen functional groups attached to an aromatic ring is 1. The van der Waals surface area contributed by atoms with Crippen LogP contribution >= 0.6 is 12.4 Å². The number of benzene rings is 1. The zero-order valence-corrected chi connectivity index (χ0v) is 16.8. The Labute approximate surface area is 178 Å². The van der Waals surface area contributed by atoms with Gasteiger partial charge in [-0.3, -0.25) is 4.79 Å². The van der Waals surface area contributed by atoms with Crippen molar-refractivity contribution in [3.8, 4) is 0 Å². The predicted molar refractivity (Wildman–Crippen MR) is 116 cm³/mol. The Morgan fingerprint density at radius 2 is 2.07 bits per heavy atom. The lowest BCUT2D eigenvalue weighted by Gasteiger charge is -2.09. The average Bonchev–Trinajstić information content (AvgIpc) is 3.25. The van der Waals surface area contributed by atoms with Gasteiger partial charge in [0.15, 0.2) is 11.3 Å². The highest BCUT2D eigenvalue weighted by atomic mass is 35.5. The number of nitrogens with two attached hydrogens (primary N) is 1. The van der Waals surface area contributed by atoms with Crippen LogP contribution in [0, 0.1) is 0 Å². The molecule has 0 amide bonds. The number of aromatic amines is 1. The zero-order chi connectivity index (χ0) is 20.4. The largest absolute Gasteiger partial charge is 0.462 e. The van der Waals surface area contributed by atoms with E-state index in [-0.39, 0.29) is 36.2 Å². The molecule has 4 rings (SSSR count). The number of ether oxygens (including phenoxy) is 2. The van der Waals surface area contributed by atoms with Crippen LogP contribution in [0.2, 0.25) is 0 Å². The van der Waals surface area contributed by atoms with Crippen LogP contribution in [-0.4, -0.2) is 28.3 Å². The molecular formula is C21H19ClN4O4. The SMILES string of the molecule is CCOC(=O)C1=C(Nc2ccc(N)cc2)O/C(=C\c2c[nH]c3ncccc23)C1=O.Cl. The van der Waals surface area contributed by atoms with Gasteiger partial charge in [0.25, 0.3) is 0 Å². The van der Waals surface area contributed by atoms with Gasteiger partial charge in [-0.25, -0.2) is 9.78 Å². The van der Waals surface area contributed by atoms with Crippen LogP contribution in [0.4, 0.5) is 11.4 Å². The first-order chi connectivity index (χ1) is 14.1. The number of Topliss-reactive ketones (excluding diaryl/α,β-unsaturated/α-hetero) is 1. The van der Waals surface area contributed by atoms with Crippen molar-refractivity contribution in [2.75, 3.05) is 17.7 Å². The van der Waals surface area contributed by atoms with Crippen molar-refractivity contribution in [2.24, 2.45) is 0 Å². The molecule has 0 saturated heterocycles. The van der Waals surface area contributed by atoms with Gasteiger partial charge in [0.05, 0.1) is 6.61 Å². The van der Waals surface area contributed by atoms with E-state index in [0.717, 1.165) is 5.39 Å². The van der Waals surface area contributed by atoms with Crippen molar-refractivity contribution in [1.82, 2.24) is 9.97 Å². The number of nitrogens with one attached hydrogen (secondary N) is 2. The van der Waals surface area contributed by atoms with Crippen molar-refractivity contribution in [3.05, 3.63) is 71.6 Å². The molecule has 0 fully saturated rings. The molecule has 2 aromatic heterocycles. The molecule has 30 heavy (non-hydrogen) atoms. The lowest BCUT2D eigenvalue weighted by Crippen LogP contribution is -2.16. The van der Waals surface area contributed by atoms with E-state index in [1.54, 1.807) is 55.7 Å². The summed E-state index contributed by atoms with van der Waals surface area (Å²) in [6.45, 7) is 1.80. The molecule has 0 unspecified atom stereocenters. The summed E-state index contributed by atoms with van der Waals surface area (Å²) in [6, 6.07) is 10.5. The van der Waals surface area contributed by atoms with Crippen molar-refractivity contribution in [1.29, 1.82) is 0 Å². The number of pyridine rings is 1. The number of hydrogen-bond donors (Lipinski definition) is 3. The molecule has 154 valence electrons. The number of halogens is 1. The molecule has 1 aliphatic heterocycles. The number of ketones is 1. The van der Waals surface area contributed by atoms with Gasteiger partial charge in [0, 0.05) is 34.7 Å². The third kappa shape index (κ3) is 3.99. The second-order valence-electron chi connectivity index (χ2n) is 6.25. The first-order valence-electron chi connectivity index (χ1n) is 8.97. The fraction of sp³-hybridized carbons (Fsp3) is 0.0952. The summed E-state index contributed by atoms with van der Waals surface area (Å²) >= 11 is 0. The molecule has 3 aromatic rings. The van der Waals surface area contributed by atoms with Crippen molar-refractivity contribution >= 4 is 52.6 Å². The lowest BCUT2D eigenvalue weighted by molar-refractivity contribution is -0.139. The van der Waals surface area contributed by atoms with Crippen LogP contribution in [0.5, 0.6) is 0 Å². The number of anilines is 2. The average molecular weight is 427 g/mol. The number of esters is 1. The first-order valence-corrected chi connectivity index (χ1v) is 8.97. The number of aromatic nitrogens is 2. The summed E-state index contributed by atoms with van der Waals surface area (Å²) in [5.41, 5.74) is 8.11. The van der Waals surface area contributed by atoms with Gasteiger partial charge >= 0.3 is 5.97 Å². The number of allylic oxidation sites excluding steroid dienone is 1. The summed E-state index contributed by atoms with van der Waals surface area (Å²) in [7, 11) is 0. The summed E-state index contributed by atoms with van der Waals surface area (Å²) < 4.78 is 10.8. The second kappa shape index (κ2) is 8.71. The first kappa shape index (κ1) is 20.9. The van der Waals surface area contributed by atoms with Crippen LogP contribution in [-0.2, 0) is 19.1 Å². The Morgan fingerprint density at radius 1 is 1.30 bits per heavy atom. The van der Waals surface area contributed by atoms with Crippen LogP contribution in [0.3, 0.4) is 0 Å². The summed E-state index contributed by atoms with van der Waals surface area (Å²) in [5, 5.41) is 3.78. The third-order valence-corrected chi connectivity index (χ3v) is 4.31. The van der Waals surface area contributed by atoms with Gasteiger partial charge in [-0.1, -0.05) is 0 Å². The quantitative estimate of drug-likeness (QED) is 0.247. The Balaban J connectivity index is 0.00000256. The molecule has 9 heteroatoms. The number of rotatable bonds is 5. The smallest absolute Gasteiger partial charge is 0.347 e. The van der Waals surface area contributed by atoms with Crippen LogP contribution in [0.1, 0.15) is 12.5 Å². The molecule has 0 radical (unpaired) electrons. The van der Waals surface area contributed by atoms with Crippen molar-refractivity contribution < 1.29 is 19.1 Å². The van der Waals surface area contributed by atoms with Gasteiger partial charge < -0.3 is 25.5 Å². The van der Waals surface area contributed by atoms with E-state index in [2.05, 4.69) is 15.3 Å². The maximum atomic E-state index is 12.9. The Morgan fingerprint density at radius 3 is 2.80 bits per heavy atom. The molecule has 1 aromatic carbocycles. The van der Waals surface area contributed by atoms with Gasteiger partial charge in [0.2, 0.25) is 11.7 Å². The lowest BCUT2D eigenvalue weighted by atomic mass is 10.1. The number of carbonyl (C=O) groups is 2. The Bertz CT molecular complexity index is 1170. The highest BCUT2D eigenvalue weighted by Crippen LogP contribution is 2.30. The van der Waals surface area contributed by atoms with E-state index in [1.165, 1.54) is 0 Å². The number of hydrogen-bond acceptors (Lipinski definition) is 7.